The third-order valence-corrected chi connectivity index (χ3v) is 2.17. The number of hydrogen-bond acceptors (Lipinski definition) is 1. The molecular weight excluding hydrogens is 160 g/mol. The van der Waals surface area contributed by atoms with Crippen LogP contribution in [-0.4, -0.2) is 10.2 Å². The summed E-state index contributed by atoms with van der Waals surface area (Å²) in [5, 5.41) is 8.26. The Hall–Kier alpha value is -1.75. The van der Waals surface area contributed by atoms with Crippen LogP contribution in [0.4, 0.5) is 0 Å². The number of nitrogens with zero attached hydrogens (tertiary/aromatic N) is 1. The molecule has 2 rings (SSSR count). The third-order valence-electron chi connectivity index (χ3n) is 2.17. The molecule has 0 aliphatic carbocycles. The first kappa shape index (κ1) is 7.88. The first-order valence-electron chi connectivity index (χ1n) is 4.22. The minimum Gasteiger partial charge on any atom is -0.280 e. The fourth-order valence-electron chi connectivity index (χ4n) is 1.39. The summed E-state index contributed by atoms with van der Waals surface area (Å²) in [6, 6.07) is 7.96. The molecule has 1 aromatic carbocycles. The van der Waals surface area contributed by atoms with Crippen LogP contribution in [0.5, 0.6) is 0 Å². The van der Waals surface area contributed by atoms with Crippen LogP contribution in [0.3, 0.4) is 0 Å². The zero-order valence-electron chi connectivity index (χ0n) is 7.41. The van der Waals surface area contributed by atoms with Crippen LogP contribution in [0.25, 0.3) is 10.9 Å². The molecule has 1 heterocycles. The Morgan fingerprint density at radius 2 is 2.23 bits per heavy atom. The van der Waals surface area contributed by atoms with Crippen LogP contribution in [0.15, 0.2) is 24.3 Å². The van der Waals surface area contributed by atoms with Crippen molar-refractivity contribution in [1.82, 2.24) is 10.2 Å². The van der Waals surface area contributed by atoms with Gasteiger partial charge in [-0.2, -0.15) is 5.10 Å². The van der Waals surface area contributed by atoms with Crippen LogP contribution in [0, 0.1) is 12.3 Å². The van der Waals surface area contributed by atoms with Gasteiger partial charge in [0.1, 0.15) is 0 Å². The van der Waals surface area contributed by atoms with Gasteiger partial charge in [0.2, 0.25) is 0 Å². The summed E-state index contributed by atoms with van der Waals surface area (Å²) >= 11 is 0. The minimum atomic E-state index is 0.0902. The summed E-state index contributed by atoms with van der Waals surface area (Å²) < 4.78 is 0. The number of benzene rings is 1. The summed E-state index contributed by atoms with van der Waals surface area (Å²) in [7, 11) is 0. The van der Waals surface area contributed by atoms with Crippen LogP contribution in [0.2, 0.25) is 0 Å². The molecule has 0 aliphatic rings. The van der Waals surface area contributed by atoms with Gasteiger partial charge < -0.3 is 0 Å². The highest BCUT2D eigenvalue weighted by molar-refractivity contribution is 5.81. The topological polar surface area (TPSA) is 28.7 Å². The van der Waals surface area contributed by atoms with Gasteiger partial charge in [-0.3, -0.25) is 5.10 Å². The average molecular weight is 170 g/mol. The Balaban J connectivity index is 2.66. The first-order valence-corrected chi connectivity index (χ1v) is 4.22. The average Bonchev–Trinajstić information content (AvgIpc) is 2.60. The molecule has 0 amide bonds. The second-order valence-corrected chi connectivity index (χ2v) is 3.04. The molecule has 13 heavy (non-hydrogen) atoms. The molecule has 1 unspecified atom stereocenters. The van der Waals surface area contributed by atoms with Crippen molar-refractivity contribution in [2.75, 3.05) is 0 Å². The Morgan fingerprint density at radius 3 is 3.00 bits per heavy atom. The molecule has 0 saturated heterocycles. The van der Waals surface area contributed by atoms with Crippen molar-refractivity contribution in [3.63, 3.8) is 0 Å². The number of nitrogens with one attached hydrogen (secondary N) is 1. The Morgan fingerprint density at radius 1 is 1.46 bits per heavy atom. The lowest BCUT2D eigenvalue weighted by Crippen LogP contribution is -1.89. The summed E-state index contributed by atoms with van der Waals surface area (Å²) in [5.74, 6) is 2.78. The third kappa shape index (κ3) is 1.19. The van der Waals surface area contributed by atoms with E-state index in [2.05, 4.69) is 16.1 Å². The van der Waals surface area contributed by atoms with E-state index >= 15 is 0 Å². The second kappa shape index (κ2) is 2.95. The maximum Gasteiger partial charge on any atom is 0.0924 e. The molecule has 0 spiro atoms. The fourth-order valence-corrected chi connectivity index (χ4v) is 1.39. The van der Waals surface area contributed by atoms with Gasteiger partial charge in [0.05, 0.1) is 17.1 Å². The number of H-pyrrole nitrogens is 1. The van der Waals surface area contributed by atoms with E-state index < -0.39 is 0 Å². The lowest BCUT2D eigenvalue weighted by atomic mass is 10.1. The molecule has 0 bridgehead atoms. The predicted octanol–water partition coefficient (Wildman–Crippen LogP) is 2.30. The lowest BCUT2D eigenvalue weighted by Gasteiger charge is -1.99. The van der Waals surface area contributed by atoms with Gasteiger partial charge in [0.25, 0.3) is 0 Å². The largest absolute Gasteiger partial charge is 0.280 e. The summed E-state index contributed by atoms with van der Waals surface area (Å²) in [6.07, 6.45) is 5.36. The van der Waals surface area contributed by atoms with Gasteiger partial charge >= 0.3 is 0 Å². The van der Waals surface area contributed by atoms with E-state index in [1.165, 1.54) is 0 Å². The van der Waals surface area contributed by atoms with Crippen LogP contribution in [-0.2, 0) is 0 Å². The van der Waals surface area contributed by atoms with Crippen molar-refractivity contribution < 1.29 is 0 Å². The van der Waals surface area contributed by atoms with Crippen molar-refractivity contribution in [2.24, 2.45) is 0 Å². The standard InChI is InChI=1S/C11H10N2/c1-3-8(2)11-9-6-4-5-7-10(9)12-13-11/h1,4-8H,2H3,(H,12,13). The van der Waals surface area contributed by atoms with Crippen LogP contribution >= 0.6 is 0 Å². The Kier molecular flexibility index (Phi) is 1.79. The quantitative estimate of drug-likeness (QED) is 0.653. The van der Waals surface area contributed by atoms with E-state index in [9.17, 15) is 0 Å². The van der Waals surface area contributed by atoms with Crippen molar-refractivity contribution in [3.05, 3.63) is 30.0 Å². The van der Waals surface area contributed by atoms with Gasteiger partial charge in [0, 0.05) is 5.39 Å². The number of aromatic nitrogens is 2. The predicted molar refractivity (Wildman–Crippen MR) is 53.3 cm³/mol. The van der Waals surface area contributed by atoms with E-state index in [0.29, 0.717) is 0 Å². The highest BCUT2D eigenvalue weighted by Crippen LogP contribution is 2.21. The highest BCUT2D eigenvalue weighted by atomic mass is 15.1. The Bertz CT molecular complexity index is 462. The number of hydrogen-bond donors (Lipinski definition) is 1. The maximum atomic E-state index is 5.36. The number of fused-ring (bicyclic) bond motifs is 1. The maximum absolute atomic E-state index is 5.36. The van der Waals surface area contributed by atoms with E-state index in [0.717, 1.165) is 16.6 Å². The molecule has 1 aromatic heterocycles. The van der Waals surface area contributed by atoms with Crippen molar-refractivity contribution in [3.8, 4) is 12.3 Å². The van der Waals surface area contributed by atoms with Crippen molar-refractivity contribution in [2.45, 2.75) is 12.8 Å². The molecule has 2 aromatic rings. The molecule has 2 nitrogen and oxygen atoms in total. The number of para-hydroxylation sites is 1. The van der Waals surface area contributed by atoms with Crippen LogP contribution in [0.1, 0.15) is 18.5 Å². The number of terminal acetylenes is 1. The summed E-state index contributed by atoms with van der Waals surface area (Å²) in [6.45, 7) is 1.99. The van der Waals surface area contributed by atoms with Gasteiger partial charge in [-0.25, -0.2) is 0 Å². The molecule has 1 N–H and O–H groups in total. The second-order valence-electron chi connectivity index (χ2n) is 3.04. The molecule has 0 aliphatic heterocycles. The molecule has 0 radical (unpaired) electrons. The summed E-state index contributed by atoms with van der Waals surface area (Å²) in [4.78, 5) is 0. The number of aromatic amines is 1. The lowest BCUT2D eigenvalue weighted by molar-refractivity contribution is 0.917. The molecular formula is C11H10N2. The zero-order chi connectivity index (χ0) is 9.26. The Labute approximate surface area is 77.0 Å². The smallest absolute Gasteiger partial charge is 0.0924 e. The highest BCUT2D eigenvalue weighted by Gasteiger charge is 2.08. The van der Waals surface area contributed by atoms with Gasteiger partial charge in [-0.15, -0.1) is 6.42 Å². The van der Waals surface area contributed by atoms with E-state index in [4.69, 9.17) is 6.42 Å². The molecule has 0 saturated carbocycles. The monoisotopic (exact) mass is 170 g/mol. The van der Waals surface area contributed by atoms with Gasteiger partial charge in [-0.1, -0.05) is 24.1 Å². The molecule has 64 valence electrons. The van der Waals surface area contributed by atoms with Gasteiger partial charge in [-0.05, 0) is 13.0 Å². The molecule has 0 fully saturated rings. The first-order chi connectivity index (χ1) is 6.33. The minimum absolute atomic E-state index is 0.0902. The fraction of sp³-hybridized carbons (Fsp3) is 0.182. The molecule has 2 heteroatoms. The van der Waals surface area contributed by atoms with E-state index in [-0.39, 0.29) is 5.92 Å². The summed E-state index contributed by atoms with van der Waals surface area (Å²) in [5.41, 5.74) is 2.00. The molecule has 1 atom stereocenters. The van der Waals surface area contributed by atoms with Gasteiger partial charge in [0.15, 0.2) is 0 Å². The SMILES string of the molecule is C#CC(C)c1[nH]nc2ccccc12. The normalized spacial score (nSPS) is 12.6. The zero-order valence-corrected chi connectivity index (χ0v) is 7.41. The van der Waals surface area contributed by atoms with E-state index in [1.807, 2.05) is 31.2 Å². The van der Waals surface area contributed by atoms with E-state index in [1.54, 1.807) is 0 Å². The number of rotatable bonds is 1. The van der Waals surface area contributed by atoms with Crippen molar-refractivity contribution >= 4 is 10.9 Å². The van der Waals surface area contributed by atoms with Crippen molar-refractivity contribution in [1.29, 1.82) is 0 Å². The van der Waals surface area contributed by atoms with Crippen LogP contribution < -0.4 is 0 Å².